The highest BCUT2D eigenvalue weighted by atomic mass is 15.1. The lowest BCUT2D eigenvalue weighted by atomic mass is 9.70. The van der Waals surface area contributed by atoms with Crippen LogP contribution in [0.3, 0.4) is 0 Å². The predicted molar refractivity (Wildman–Crippen MR) is 251 cm³/mol. The molecular formula is C59H39N. The summed E-state index contributed by atoms with van der Waals surface area (Å²) < 4.78 is 0. The Balaban J connectivity index is 1.12. The van der Waals surface area contributed by atoms with Gasteiger partial charge in [0.15, 0.2) is 0 Å². The Hall–Kier alpha value is -7.74. The number of rotatable bonds is 6. The third-order valence-corrected chi connectivity index (χ3v) is 12.9. The minimum atomic E-state index is -0.526. The highest BCUT2D eigenvalue weighted by molar-refractivity contribution is 6.07. The molecular weight excluding hydrogens is 723 g/mol. The molecule has 10 aromatic rings. The highest BCUT2D eigenvalue weighted by Crippen LogP contribution is 2.64. The van der Waals surface area contributed by atoms with Gasteiger partial charge in [0, 0.05) is 17.1 Å². The predicted octanol–water partition coefficient (Wildman–Crippen LogP) is 15.7. The van der Waals surface area contributed by atoms with Crippen molar-refractivity contribution in [3.63, 3.8) is 0 Å². The molecule has 12 rings (SSSR count). The van der Waals surface area contributed by atoms with Gasteiger partial charge in [-0.05, 0) is 131 Å². The first-order valence-corrected chi connectivity index (χ1v) is 20.8. The van der Waals surface area contributed by atoms with Crippen LogP contribution in [-0.4, -0.2) is 0 Å². The summed E-state index contributed by atoms with van der Waals surface area (Å²) >= 11 is 0. The third-order valence-electron chi connectivity index (χ3n) is 12.9. The summed E-state index contributed by atoms with van der Waals surface area (Å²) in [5, 5.41) is 2.54. The van der Waals surface area contributed by atoms with Crippen LogP contribution in [0.2, 0.25) is 0 Å². The summed E-state index contributed by atoms with van der Waals surface area (Å²) in [6, 6.07) is 87.3. The van der Waals surface area contributed by atoms with E-state index in [2.05, 4.69) is 241 Å². The number of anilines is 3. The van der Waals surface area contributed by atoms with E-state index in [0.717, 1.165) is 17.1 Å². The molecule has 0 aliphatic heterocycles. The van der Waals surface area contributed by atoms with Gasteiger partial charge in [-0.1, -0.05) is 194 Å². The first-order chi connectivity index (χ1) is 29.8. The van der Waals surface area contributed by atoms with E-state index in [0.29, 0.717) is 0 Å². The topological polar surface area (TPSA) is 3.24 Å². The summed E-state index contributed by atoms with van der Waals surface area (Å²) in [5.74, 6) is 0. The Morgan fingerprint density at radius 1 is 0.267 bits per heavy atom. The summed E-state index contributed by atoms with van der Waals surface area (Å²) in [4.78, 5) is 2.43. The molecule has 0 radical (unpaired) electrons. The van der Waals surface area contributed by atoms with E-state index < -0.39 is 5.41 Å². The quantitative estimate of drug-likeness (QED) is 0.163. The summed E-state index contributed by atoms with van der Waals surface area (Å²) in [6.45, 7) is 0. The second-order valence-corrected chi connectivity index (χ2v) is 16.0. The van der Waals surface area contributed by atoms with Gasteiger partial charge in [0.2, 0.25) is 0 Å². The monoisotopic (exact) mass is 761 g/mol. The molecule has 1 atom stereocenters. The Labute approximate surface area is 351 Å². The molecule has 0 amide bonds. The van der Waals surface area contributed by atoms with Crippen LogP contribution in [0, 0.1) is 0 Å². The zero-order valence-corrected chi connectivity index (χ0v) is 33.0. The first-order valence-electron chi connectivity index (χ1n) is 20.8. The van der Waals surface area contributed by atoms with Gasteiger partial charge in [-0.3, -0.25) is 0 Å². The molecule has 0 aromatic heterocycles. The van der Waals surface area contributed by atoms with E-state index in [1.165, 1.54) is 88.7 Å². The Morgan fingerprint density at radius 3 is 1.38 bits per heavy atom. The average molecular weight is 762 g/mol. The fourth-order valence-corrected chi connectivity index (χ4v) is 10.2. The maximum absolute atomic E-state index is 2.50. The van der Waals surface area contributed by atoms with Crippen LogP contribution in [-0.2, 0) is 5.41 Å². The molecule has 1 heteroatoms. The van der Waals surface area contributed by atoms with Crippen LogP contribution in [0.4, 0.5) is 17.1 Å². The van der Waals surface area contributed by atoms with Gasteiger partial charge in [0.25, 0.3) is 0 Å². The minimum absolute atomic E-state index is 0.526. The van der Waals surface area contributed by atoms with Crippen molar-refractivity contribution in [3.05, 3.63) is 259 Å². The number of benzene rings is 10. The van der Waals surface area contributed by atoms with E-state index in [-0.39, 0.29) is 0 Å². The van der Waals surface area contributed by atoms with Crippen LogP contribution >= 0.6 is 0 Å². The molecule has 10 aromatic carbocycles. The van der Waals surface area contributed by atoms with Crippen LogP contribution in [0.1, 0.15) is 22.3 Å². The normalized spacial score (nSPS) is 14.4. The van der Waals surface area contributed by atoms with E-state index >= 15 is 0 Å². The second kappa shape index (κ2) is 13.7. The van der Waals surface area contributed by atoms with E-state index in [4.69, 9.17) is 0 Å². The molecule has 1 spiro atoms. The van der Waals surface area contributed by atoms with E-state index in [9.17, 15) is 0 Å². The summed E-state index contributed by atoms with van der Waals surface area (Å²) in [5.41, 5.74) is 20.6. The molecule has 1 unspecified atom stereocenters. The lowest BCUT2D eigenvalue weighted by molar-refractivity contribution is 0.794. The van der Waals surface area contributed by atoms with Crippen molar-refractivity contribution in [1.82, 2.24) is 0 Å². The van der Waals surface area contributed by atoms with Crippen LogP contribution in [0.15, 0.2) is 237 Å². The van der Waals surface area contributed by atoms with Gasteiger partial charge in [-0.2, -0.15) is 0 Å². The summed E-state index contributed by atoms with van der Waals surface area (Å²) in [6.07, 6.45) is 0. The van der Waals surface area contributed by atoms with Crippen molar-refractivity contribution >= 4 is 27.8 Å². The Kier molecular flexibility index (Phi) is 7.83. The molecule has 0 N–H and O–H groups in total. The number of hydrogen-bond acceptors (Lipinski definition) is 1. The average Bonchev–Trinajstić information content (AvgIpc) is 3.80. The highest BCUT2D eigenvalue weighted by Gasteiger charge is 2.52. The largest absolute Gasteiger partial charge is 0.310 e. The van der Waals surface area contributed by atoms with Gasteiger partial charge in [0.1, 0.15) is 0 Å². The Morgan fingerprint density at radius 2 is 0.733 bits per heavy atom. The maximum Gasteiger partial charge on any atom is 0.0726 e. The molecule has 2 aliphatic rings. The van der Waals surface area contributed by atoms with Crippen LogP contribution < -0.4 is 4.90 Å². The molecule has 0 heterocycles. The second-order valence-electron chi connectivity index (χ2n) is 16.0. The van der Waals surface area contributed by atoms with Crippen LogP contribution in [0.5, 0.6) is 0 Å². The van der Waals surface area contributed by atoms with Crippen LogP contribution in [0.25, 0.3) is 66.4 Å². The molecule has 0 bridgehead atoms. The number of fused-ring (bicyclic) bond motifs is 12. The van der Waals surface area contributed by atoms with Crippen molar-refractivity contribution < 1.29 is 0 Å². The van der Waals surface area contributed by atoms with Crippen molar-refractivity contribution in [3.8, 4) is 55.6 Å². The first kappa shape index (κ1) is 34.3. The zero-order chi connectivity index (χ0) is 39.6. The standard InChI is InChI=1S/C59H39N/c1-4-14-40(15-5-1)43-24-30-47(31-25-43)60(48-32-26-44(27-33-48)41-16-6-2-7-17-41)49-34-36-53-57(39-49)59(55-37-29-45-20-10-11-21-50(45)58(53)55)54-23-13-12-22-51(54)52-35-28-46(38-56(52)59)42-18-8-3-9-19-42/h1-39H. The molecule has 2 aliphatic carbocycles. The van der Waals surface area contributed by atoms with Gasteiger partial charge in [0.05, 0.1) is 5.41 Å². The van der Waals surface area contributed by atoms with Gasteiger partial charge in [-0.15, -0.1) is 0 Å². The van der Waals surface area contributed by atoms with E-state index in [1.807, 2.05) is 0 Å². The van der Waals surface area contributed by atoms with Gasteiger partial charge >= 0.3 is 0 Å². The van der Waals surface area contributed by atoms with Gasteiger partial charge in [-0.25, -0.2) is 0 Å². The van der Waals surface area contributed by atoms with Gasteiger partial charge < -0.3 is 4.90 Å². The Bertz CT molecular complexity index is 3140. The van der Waals surface area contributed by atoms with E-state index in [1.54, 1.807) is 0 Å². The molecule has 0 saturated heterocycles. The number of hydrogen-bond donors (Lipinski definition) is 0. The maximum atomic E-state index is 2.50. The smallest absolute Gasteiger partial charge is 0.0726 e. The minimum Gasteiger partial charge on any atom is -0.310 e. The molecule has 0 fully saturated rings. The lowest BCUT2D eigenvalue weighted by Crippen LogP contribution is -2.26. The zero-order valence-electron chi connectivity index (χ0n) is 33.0. The summed E-state index contributed by atoms with van der Waals surface area (Å²) in [7, 11) is 0. The molecule has 0 saturated carbocycles. The van der Waals surface area contributed by atoms with Crippen molar-refractivity contribution in [1.29, 1.82) is 0 Å². The molecule has 280 valence electrons. The third kappa shape index (κ3) is 5.19. The fraction of sp³-hybridized carbons (Fsp3) is 0.0169. The van der Waals surface area contributed by atoms with Crippen molar-refractivity contribution in [2.24, 2.45) is 0 Å². The van der Waals surface area contributed by atoms with Crippen molar-refractivity contribution in [2.75, 3.05) is 4.90 Å². The lowest BCUT2D eigenvalue weighted by Gasteiger charge is -2.32. The molecule has 1 nitrogen and oxygen atoms in total. The fourth-order valence-electron chi connectivity index (χ4n) is 10.2. The van der Waals surface area contributed by atoms with Crippen molar-refractivity contribution in [2.45, 2.75) is 5.41 Å². The number of nitrogens with zero attached hydrogens (tertiary/aromatic N) is 1. The SMILES string of the molecule is c1ccc(-c2ccc(N(c3ccc(-c4ccccc4)cc3)c3ccc4c(c3)C3(c5ccccc5-c5ccc(-c6ccccc6)cc53)c3ccc5ccccc5c3-4)cc2)cc1. The molecule has 60 heavy (non-hydrogen) atoms.